The standard InChI is InChI=1S/C14H31N3O2/c1-3-16(4-2)7-5-6-15-12-14(18)13-17-8-10-19-11-9-17/h14-15,18H,3-13H2,1-2H3. The highest BCUT2D eigenvalue weighted by atomic mass is 16.5. The van der Waals surface area contributed by atoms with Crippen molar-refractivity contribution in [2.45, 2.75) is 26.4 Å². The number of aliphatic hydroxyl groups excluding tert-OH is 1. The number of β-amino-alcohol motifs (C(OH)–C–C–N with tert-alkyl or cyclic N) is 1. The maximum atomic E-state index is 9.95. The fourth-order valence-electron chi connectivity index (χ4n) is 2.38. The molecule has 5 heteroatoms. The summed E-state index contributed by atoms with van der Waals surface area (Å²) >= 11 is 0. The summed E-state index contributed by atoms with van der Waals surface area (Å²) in [6, 6.07) is 0. The summed E-state index contributed by atoms with van der Waals surface area (Å²) in [5.74, 6) is 0. The molecule has 1 unspecified atom stereocenters. The first-order valence-electron chi connectivity index (χ1n) is 7.67. The van der Waals surface area contributed by atoms with Crippen molar-refractivity contribution < 1.29 is 9.84 Å². The lowest BCUT2D eigenvalue weighted by molar-refractivity contribution is 0.0149. The summed E-state index contributed by atoms with van der Waals surface area (Å²) in [6.07, 6.45) is 0.873. The predicted molar refractivity (Wildman–Crippen MR) is 78.5 cm³/mol. The van der Waals surface area contributed by atoms with Gasteiger partial charge in [-0.1, -0.05) is 13.8 Å². The first kappa shape index (κ1) is 16.9. The molecule has 0 bridgehead atoms. The molecule has 1 aliphatic rings. The topological polar surface area (TPSA) is 48.0 Å². The molecule has 0 aromatic heterocycles. The fourth-order valence-corrected chi connectivity index (χ4v) is 2.38. The van der Waals surface area contributed by atoms with E-state index in [-0.39, 0.29) is 6.10 Å². The van der Waals surface area contributed by atoms with E-state index in [1.807, 2.05) is 0 Å². The van der Waals surface area contributed by atoms with E-state index in [9.17, 15) is 5.11 Å². The molecule has 0 spiro atoms. The minimum absolute atomic E-state index is 0.272. The van der Waals surface area contributed by atoms with Gasteiger partial charge in [-0.25, -0.2) is 0 Å². The van der Waals surface area contributed by atoms with Crippen molar-refractivity contribution in [1.29, 1.82) is 0 Å². The van der Waals surface area contributed by atoms with E-state index in [0.29, 0.717) is 6.54 Å². The third kappa shape index (κ3) is 7.84. The predicted octanol–water partition coefficient (Wildman–Crippen LogP) is 0.00100. The lowest BCUT2D eigenvalue weighted by atomic mass is 10.3. The average molecular weight is 273 g/mol. The Kier molecular flexibility index (Phi) is 9.38. The summed E-state index contributed by atoms with van der Waals surface area (Å²) in [6.45, 7) is 13.7. The largest absolute Gasteiger partial charge is 0.390 e. The van der Waals surface area contributed by atoms with Gasteiger partial charge in [0.2, 0.25) is 0 Å². The van der Waals surface area contributed by atoms with Gasteiger partial charge in [0.1, 0.15) is 0 Å². The minimum atomic E-state index is -0.272. The first-order valence-corrected chi connectivity index (χ1v) is 7.67. The van der Waals surface area contributed by atoms with E-state index in [4.69, 9.17) is 4.74 Å². The number of ether oxygens (including phenoxy) is 1. The van der Waals surface area contributed by atoms with E-state index in [1.165, 1.54) is 0 Å². The number of rotatable bonds is 10. The van der Waals surface area contributed by atoms with Crippen molar-refractivity contribution in [2.24, 2.45) is 0 Å². The van der Waals surface area contributed by atoms with Crippen LogP contribution in [0, 0.1) is 0 Å². The number of hydrogen-bond donors (Lipinski definition) is 2. The molecule has 1 heterocycles. The van der Waals surface area contributed by atoms with Crippen LogP contribution in [0.2, 0.25) is 0 Å². The maximum absolute atomic E-state index is 9.95. The minimum Gasteiger partial charge on any atom is -0.390 e. The van der Waals surface area contributed by atoms with Crippen molar-refractivity contribution in [2.75, 3.05) is 65.6 Å². The van der Waals surface area contributed by atoms with Gasteiger partial charge in [0, 0.05) is 26.2 Å². The first-order chi connectivity index (χ1) is 9.26. The number of hydrogen-bond acceptors (Lipinski definition) is 5. The molecule has 0 aliphatic carbocycles. The van der Waals surface area contributed by atoms with Crippen LogP contribution >= 0.6 is 0 Å². The molecule has 19 heavy (non-hydrogen) atoms. The maximum Gasteiger partial charge on any atom is 0.0791 e. The highest BCUT2D eigenvalue weighted by molar-refractivity contribution is 4.69. The molecule has 0 saturated carbocycles. The third-order valence-corrected chi connectivity index (χ3v) is 3.67. The molecule has 1 aliphatic heterocycles. The molecule has 0 amide bonds. The van der Waals surface area contributed by atoms with E-state index >= 15 is 0 Å². The van der Waals surface area contributed by atoms with Crippen LogP contribution in [-0.2, 0) is 4.74 Å². The third-order valence-electron chi connectivity index (χ3n) is 3.67. The zero-order valence-corrected chi connectivity index (χ0v) is 12.6. The highest BCUT2D eigenvalue weighted by Gasteiger charge is 2.14. The summed E-state index contributed by atoms with van der Waals surface area (Å²) in [5, 5.41) is 13.3. The van der Waals surface area contributed by atoms with Gasteiger partial charge in [-0.2, -0.15) is 0 Å². The molecule has 114 valence electrons. The van der Waals surface area contributed by atoms with Crippen LogP contribution in [-0.4, -0.2) is 86.6 Å². The van der Waals surface area contributed by atoms with Gasteiger partial charge in [-0.05, 0) is 32.6 Å². The molecule has 0 aromatic carbocycles. The van der Waals surface area contributed by atoms with Gasteiger partial charge >= 0.3 is 0 Å². The van der Waals surface area contributed by atoms with Crippen LogP contribution in [0.5, 0.6) is 0 Å². The average Bonchev–Trinajstić information content (AvgIpc) is 2.44. The number of nitrogens with zero attached hydrogens (tertiary/aromatic N) is 2. The van der Waals surface area contributed by atoms with Crippen molar-refractivity contribution >= 4 is 0 Å². The number of aliphatic hydroxyl groups is 1. The monoisotopic (exact) mass is 273 g/mol. The number of nitrogens with one attached hydrogen (secondary N) is 1. The van der Waals surface area contributed by atoms with Crippen LogP contribution in [0.15, 0.2) is 0 Å². The molecule has 1 fully saturated rings. The Morgan fingerprint density at radius 1 is 1.26 bits per heavy atom. The van der Waals surface area contributed by atoms with E-state index in [2.05, 4.69) is 29.0 Å². The molecule has 5 nitrogen and oxygen atoms in total. The quantitative estimate of drug-likeness (QED) is 0.549. The Bertz CT molecular complexity index is 207. The zero-order valence-electron chi connectivity index (χ0n) is 12.6. The lowest BCUT2D eigenvalue weighted by Crippen LogP contribution is -2.44. The van der Waals surface area contributed by atoms with Crippen LogP contribution < -0.4 is 5.32 Å². The SMILES string of the molecule is CCN(CC)CCCNCC(O)CN1CCOCC1. The second-order valence-electron chi connectivity index (χ2n) is 5.15. The van der Waals surface area contributed by atoms with E-state index in [1.54, 1.807) is 0 Å². The Balaban J connectivity index is 1.96. The molecule has 0 radical (unpaired) electrons. The Hall–Kier alpha value is -0.200. The molecule has 1 atom stereocenters. The summed E-state index contributed by atoms with van der Waals surface area (Å²) in [5.41, 5.74) is 0. The second kappa shape index (κ2) is 10.6. The van der Waals surface area contributed by atoms with Crippen LogP contribution in [0.3, 0.4) is 0 Å². The highest BCUT2D eigenvalue weighted by Crippen LogP contribution is 1.98. The Morgan fingerprint density at radius 3 is 2.58 bits per heavy atom. The van der Waals surface area contributed by atoms with Crippen molar-refractivity contribution in [1.82, 2.24) is 15.1 Å². The number of morpholine rings is 1. The molecule has 0 aromatic rings. The Labute approximate surface area is 117 Å². The van der Waals surface area contributed by atoms with Crippen LogP contribution in [0.4, 0.5) is 0 Å². The lowest BCUT2D eigenvalue weighted by Gasteiger charge is -2.28. The molecular weight excluding hydrogens is 242 g/mol. The van der Waals surface area contributed by atoms with Gasteiger partial charge in [-0.15, -0.1) is 0 Å². The Morgan fingerprint density at radius 2 is 1.95 bits per heavy atom. The molecule has 2 N–H and O–H groups in total. The van der Waals surface area contributed by atoms with Gasteiger partial charge in [0.05, 0.1) is 19.3 Å². The fraction of sp³-hybridized carbons (Fsp3) is 1.00. The van der Waals surface area contributed by atoms with E-state index in [0.717, 1.165) is 65.4 Å². The molecule has 1 saturated heterocycles. The van der Waals surface area contributed by atoms with Gasteiger partial charge in [0.25, 0.3) is 0 Å². The van der Waals surface area contributed by atoms with Crippen molar-refractivity contribution in [3.8, 4) is 0 Å². The molecule has 1 rings (SSSR count). The summed E-state index contributed by atoms with van der Waals surface area (Å²) in [4.78, 5) is 4.69. The van der Waals surface area contributed by atoms with Crippen LogP contribution in [0.1, 0.15) is 20.3 Å². The normalized spacial score (nSPS) is 18.9. The van der Waals surface area contributed by atoms with Crippen LogP contribution in [0.25, 0.3) is 0 Å². The van der Waals surface area contributed by atoms with Crippen molar-refractivity contribution in [3.63, 3.8) is 0 Å². The summed E-state index contributed by atoms with van der Waals surface area (Å²) in [7, 11) is 0. The van der Waals surface area contributed by atoms with Crippen molar-refractivity contribution in [3.05, 3.63) is 0 Å². The van der Waals surface area contributed by atoms with E-state index < -0.39 is 0 Å². The smallest absolute Gasteiger partial charge is 0.0791 e. The van der Waals surface area contributed by atoms with Gasteiger partial charge in [-0.3, -0.25) is 4.90 Å². The second-order valence-corrected chi connectivity index (χ2v) is 5.15. The van der Waals surface area contributed by atoms with Gasteiger partial charge < -0.3 is 20.1 Å². The molecular formula is C14H31N3O2. The van der Waals surface area contributed by atoms with Gasteiger partial charge in [0.15, 0.2) is 0 Å². The zero-order chi connectivity index (χ0) is 13.9. The summed E-state index contributed by atoms with van der Waals surface area (Å²) < 4.78 is 5.29.